The van der Waals surface area contributed by atoms with E-state index in [2.05, 4.69) is 28.5 Å². The normalized spacial score (nSPS) is 22.6. The Bertz CT molecular complexity index is 1230. The smallest absolute Gasteiger partial charge is 0.380 e. The van der Waals surface area contributed by atoms with Gasteiger partial charge in [-0.2, -0.15) is 13.2 Å². The summed E-state index contributed by atoms with van der Waals surface area (Å²) in [5.74, 6) is -1.14. The summed E-state index contributed by atoms with van der Waals surface area (Å²) in [5.41, 5.74) is 4.53. The number of carbonyl (C=O) groups is 1. The summed E-state index contributed by atoms with van der Waals surface area (Å²) in [6.45, 7) is 0. The van der Waals surface area contributed by atoms with Crippen LogP contribution in [0.4, 0.5) is 18.9 Å². The minimum Gasteiger partial charge on any atom is -0.380 e. The van der Waals surface area contributed by atoms with Crippen LogP contribution in [0.2, 0.25) is 0 Å². The number of halogens is 3. The Balaban J connectivity index is 1.27. The summed E-state index contributed by atoms with van der Waals surface area (Å²) in [4.78, 5) is 17.6. The van der Waals surface area contributed by atoms with Crippen molar-refractivity contribution in [2.75, 3.05) is 23.9 Å². The number of amides is 1. The van der Waals surface area contributed by atoms with Gasteiger partial charge in [-0.1, -0.05) is 18.2 Å². The topological polar surface area (TPSA) is 79.4 Å². The van der Waals surface area contributed by atoms with Gasteiger partial charge >= 0.3 is 6.18 Å². The van der Waals surface area contributed by atoms with Crippen molar-refractivity contribution >= 4 is 21.4 Å². The average molecular weight is 522 g/mol. The van der Waals surface area contributed by atoms with Crippen LogP contribution in [0.3, 0.4) is 0 Å². The predicted molar refractivity (Wildman–Crippen MR) is 130 cm³/mol. The summed E-state index contributed by atoms with van der Waals surface area (Å²) >= 11 is 0. The molecule has 0 radical (unpaired) electrons. The molecule has 36 heavy (non-hydrogen) atoms. The van der Waals surface area contributed by atoms with Gasteiger partial charge in [-0.25, -0.2) is 8.42 Å². The van der Waals surface area contributed by atoms with Gasteiger partial charge in [0.1, 0.15) is 9.84 Å². The first-order valence-corrected chi connectivity index (χ1v) is 14.2. The van der Waals surface area contributed by atoms with Crippen LogP contribution in [0.25, 0.3) is 0 Å². The molecule has 1 aromatic heterocycles. The number of sulfone groups is 1. The molecule has 1 amide bonds. The highest BCUT2D eigenvalue weighted by atomic mass is 32.2. The second kappa shape index (κ2) is 9.36. The lowest BCUT2D eigenvalue weighted by molar-refractivity contribution is -0.191. The number of carbonyl (C=O) groups excluding carboxylic acids is 1. The van der Waals surface area contributed by atoms with Crippen molar-refractivity contribution in [3.8, 4) is 0 Å². The third-order valence-corrected chi connectivity index (χ3v) is 9.34. The standard InChI is InChI=1S/C26H30F3N3O3S/c1-32(25(33)17-9-11-36(34,35)12-10-17)24(26(27,28)29)23-8-7-19(15-30-23)31-20-13-18-3-2-4-21(16-5-6-16)22(18)14-20/h2-4,7-8,15-17,20,24,31H,5-6,9-14H2,1H3/t20?,24-/m0/s1. The van der Waals surface area contributed by atoms with Crippen molar-refractivity contribution < 1.29 is 26.4 Å². The third-order valence-electron chi connectivity index (χ3n) is 7.63. The van der Waals surface area contributed by atoms with Crippen molar-refractivity contribution in [2.45, 2.75) is 62.7 Å². The van der Waals surface area contributed by atoms with E-state index in [1.807, 2.05) is 0 Å². The Morgan fingerprint density at radius 1 is 1.08 bits per heavy atom. The lowest BCUT2D eigenvalue weighted by atomic mass is 9.99. The molecule has 1 saturated carbocycles. The van der Waals surface area contributed by atoms with E-state index < -0.39 is 33.9 Å². The van der Waals surface area contributed by atoms with Crippen molar-refractivity contribution in [1.29, 1.82) is 0 Å². The molecule has 1 aromatic carbocycles. The maximum absolute atomic E-state index is 14.0. The van der Waals surface area contributed by atoms with Gasteiger partial charge < -0.3 is 10.2 Å². The summed E-state index contributed by atoms with van der Waals surface area (Å²) in [7, 11) is -2.11. The molecule has 0 bridgehead atoms. The number of anilines is 1. The highest BCUT2D eigenvalue weighted by molar-refractivity contribution is 7.91. The minimum absolute atomic E-state index is 0.0403. The SMILES string of the molecule is CN(C(=O)C1CCS(=O)(=O)CC1)[C@@H](c1ccc(NC2Cc3cccc(C4CC4)c3C2)cn1)C(F)(F)F. The van der Waals surface area contributed by atoms with Crippen molar-refractivity contribution in [3.05, 3.63) is 58.9 Å². The van der Waals surface area contributed by atoms with E-state index in [1.165, 1.54) is 41.8 Å². The molecule has 194 valence electrons. The van der Waals surface area contributed by atoms with Gasteiger partial charge in [-0.15, -0.1) is 0 Å². The fourth-order valence-electron chi connectivity index (χ4n) is 5.58. The predicted octanol–water partition coefficient (Wildman–Crippen LogP) is 4.42. The Hall–Kier alpha value is -2.62. The molecule has 2 aliphatic carbocycles. The van der Waals surface area contributed by atoms with Crippen LogP contribution >= 0.6 is 0 Å². The molecule has 10 heteroatoms. The lowest BCUT2D eigenvalue weighted by Crippen LogP contribution is -2.44. The molecular formula is C26H30F3N3O3S. The van der Waals surface area contributed by atoms with E-state index in [0.717, 1.165) is 19.9 Å². The van der Waals surface area contributed by atoms with E-state index in [0.29, 0.717) is 16.5 Å². The van der Waals surface area contributed by atoms with Crippen molar-refractivity contribution in [3.63, 3.8) is 0 Å². The number of nitrogens with one attached hydrogen (secondary N) is 1. The number of hydrogen-bond acceptors (Lipinski definition) is 5. The molecule has 6 nitrogen and oxygen atoms in total. The first-order chi connectivity index (χ1) is 17.0. The molecular weight excluding hydrogens is 491 g/mol. The Morgan fingerprint density at radius 3 is 2.42 bits per heavy atom. The average Bonchev–Trinajstić information content (AvgIpc) is 3.58. The number of pyridine rings is 1. The van der Waals surface area contributed by atoms with Crippen LogP contribution < -0.4 is 5.32 Å². The summed E-state index contributed by atoms with van der Waals surface area (Å²) in [6, 6.07) is 7.30. The summed E-state index contributed by atoms with van der Waals surface area (Å²) in [5, 5.41) is 3.41. The molecule has 1 saturated heterocycles. The van der Waals surface area contributed by atoms with E-state index in [9.17, 15) is 26.4 Å². The second-order valence-corrected chi connectivity index (χ2v) is 12.6. The summed E-state index contributed by atoms with van der Waals surface area (Å²) < 4.78 is 65.5. The Labute approximate surface area is 209 Å². The number of fused-ring (bicyclic) bond motifs is 1. The van der Waals surface area contributed by atoms with Gasteiger partial charge in [0.25, 0.3) is 0 Å². The molecule has 0 spiro atoms. The zero-order chi connectivity index (χ0) is 25.7. The van der Waals surface area contributed by atoms with Crippen molar-refractivity contribution in [1.82, 2.24) is 9.88 Å². The van der Waals surface area contributed by atoms with Gasteiger partial charge in [0.15, 0.2) is 6.04 Å². The van der Waals surface area contributed by atoms with E-state index in [1.54, 1.807) is 6.07 Å². The number of rotatable bonds is 6. The number of aromatic nitrogens is 1. The molecule has 2 atom stereocenters. The maximum Gasteiger partial charge on any atom is 0.414 e. The first kappa shape index (κ1) is 25.0. The van der Waals surface area contributed by atoms with Gasteiger partial charge in [-0.3, -0.25) is 9.78 Å². The summed E-state index contributed by atoms with van der Waals surface area (Å²) in [6.07, 6.45) is 0.954. The number of benzene rings is 1. The molecule has 1 N–H and O–H groups in total. The quantitative estimate of drug-likeness (QED) is 0.609. The second-order valence-electron chi connectivity index (χ2n) is 10.3. The van der Waals surface area contributed by atoms with Crippen LogP contribution in [0.5, 0.6) is 0 Å². The largest absolute Gasteiger partial charge is 0.414 e. The number of hydrogen-bond donors (Lipinski definition) is 1. The first-order valence-electron chi connectivity index (χ1n) is 12.4. The van der Waals surface area contributed by atoms with Gasteiger partial charge in [-0.05, 0) is 73.3 Å². The van der Waals surface area contributed by atoms with Crippen LogP contribution in [-0.2, 0) is 27.5 Å². The maximum atomic E-state index is 14.0. The molecule has 3 aliphatic rings. The van der Waals surface area contributed by atoms with Crippen LogP contribution in [0.1, 0.15) is 60.0 Å². The molecule has 1 aliphatic heterocycles. The fraction of sp³-hybridized carbons (Fsp3) is 0.538. The zero-order valence-electron chi connectivity index (χ0n) is 20.1. The van der Waals surface area contributed by atoms with Crippen LogP contribution in [0, 0.1) is 5.92 Å². The molecule has 2 aromatic rings. The zero-order valence-corrected chi connectivity index (χ0v) is 20.9. The third kappa shape index (κ3) is 5.23. The number of nitrogens with zero attached hydrogens (tertiary/aromatic N) is 2. The Kier molecular flexibility index (Phi) is 6.51. The lowest BCUT2D eigenvalue weighted by Gasteiger charge is -2.33. The van der Waals surface area contributed by atoms with Gasteiger partial charge in [0.2, 0.25) is 5.91 Å². The highest BCUT2D eigenvalue weighted by Crippen LogP contribution is 2.44. The molecule has 2 fully saturated rings. The minimum atomic E-state index is -4.72. The Morgan fingerprint density at radius 2 is 1.81 bits per heavy atom. The number of alkyl halides is 3. The molecule has 1 unspecified atom stereocenters. The van der Waals surface area contributed by atoms with Gasteiger partial charge in [0.05, 0.1) is 29.1 Å². The monoisotopic (exact) mass is 521 g/mol. The molecule has 2 heterocycles. The van der Waals surface area contributed by atoms with Gasteiger partial charge in [0, 0.05) is 19.0 Å². The highest BCUT2D eigenvalue weighted by Gasteiger charge is 2.47. The van der Waals surface area contributed by atoms with Crippen molar-refractivity contribution in [2.24, 2.45) is 5.92 Å². The van der Waals surface area contributed by atoms with Crippen LogP contribution in [0.15, 0.2) is 36.5 Å². The molecule has 5 rings (SSSR count). The van der Waals surface area contributed by atoms with Crippen LogP contribution in [-0.4, -0.2) is 55.0 Å². The van der Waals surface area contributed by atoms with E-state index in [4.69, 9.17) is 0 Å². The van der Waals surface area contributed by atoms with E-state index >= 15 is 0 Å². The van der Waals surface area contributed by atoms with E-state index in [-0.39, 0.29) is 36.1 Å². The fourth-order valence-corrected chi connectivity index (χ4v) is 7.08.